The molecule has 1 amide bonds. The molecule has 25 heavy (non-hydrogen) atoms. The van der Waals surface area contributed by atoms with E-state index in [0.717, 1.165) is 11.5 Å². The van der Waals surface area contributed by atoms with E-state index in [1.165, 1.54) is 58.0 Å². The van der Waals surface area contributed by atoms with Gasteiger partial charge < -0.3 is 10.1 Å². The van der Waals surface area contributed by atoms with E-state index < -0.39 is 6.10 Å². The zero-order valence-corrected chi connectivity index (χ0v) is 15.6. The highest BCUT2D eigenvalue weighted by molar-refractivity contribution is 5.82. The molecule has 0 spiro atoms. The quantitative estimate of drug-likeness (QED) is 0.821. The van der Waals surface area contributed by atoms with Crippen molar-refractivity contribution in [3.8, 4) is 0 Å². The van der Waals surface area contributed by atoms with Crippen LogP contribution in [0.4, 0.5) is 0 Å². The summed E-state index contributed by atoms with van der Waals surface area (Å²) in [6.07, 6.45) is 12.3. The molecule has 1 aliphatic carbocycles. The van der Waals surface area contributed by atoms with Crippen LogP contribution in [0.15, 0.2) is 12.4 Å². The number of aryl methyl sites for hydroxylation is 1. The van der Waals surface area contributed by atoms with Crippen LogP contribution in [0, 0.1) is 5.92 Å². The molecule has 1 aliphatic heterocycles. The Morgan fingerprint density at radius 3 is 2.80 bits per heavy atom. The zero-order chi connectivity index (χ0) is 17.6. The summed E-state index contributed by atoms with van der Waals surface area (Å²) in [5.41, 5.74) is 0.799. The van der Waals surface area contributed by atoms with Gasteiger partial charge in [0.15, 0.2) is 6.10 Å². The Morgan fingerprint density at radius 2 is 2.12 bits per heavy atom. The fourth-order valence-corrected chi connectivity index (χ4v) is 4.35. The maximum Gasteiger partial charge on any atom is 0.253 e. The molecule has 3 rings (SSSR count). The number of carbonyl (C=O) groups excluding carboxylic acids is 1. The van der Waals surface area contributed by atoms with Crippen LogP contribution in [0.5, 0.6) is 0 Å². The molecule has 1 N–H and O–H groups in total. The molecular formula is C19H32N4O2. The third-order valence-electron chi connectivity index (χ3n) is 5.73. The number of nitrogens with zero attached hydrogens (tertiary/aromatic N) is 3. The first-order valence-corrected chi connectivity index (χ1v) is 9.70. The van der Waals surface area contributed by atoms with Crippen LogP contribution >= 0.6 is 0 Å². The van der Waals surface area contributed by atoms with Gasteiger partial charge in [-0.05, 0) is 38.1 Å². The minimum atomic E-state index is -0.582. The average Bonchev–Trinajstić information content (AvgIpc) is 3.24. The first kappa shape index (κ1) is 18.4. The van der Waals surface area contributed by atoms with Gasteiger partial charge >= 0.3 is 0 Å². The number of hydrogen-bond acceptors (Lipinski definition) is 4. The summed E-state index contributed by atoms with van der Waals surface area (Å²) in [5, 5.41) is 7.24. The van der Waals surface area contributed by atoms with E-state index in [1.54, 1.807) is 18.0 Å². The largest absolute Gasteiger partial charge is 0.367 e. The van der Waals surface area contributed by atoms with Crippen molar-refractivity contribution in [2.45, 2.75) is 57.1 Å². The number of nitrogens with one attached hydrogen (secondary N) is 1. The van der Waals surface area contributed by atoms with Gasteiger partial charge in [0.25, 0.3) is 5.91 Å². The molecule has 2 aliphatic rings. The Morgan fingerprint density at radius 1 is 1.32 bits per heavy atom. The fourth-order valence-electron chi connectivity index (χ4n) is 4.35. The highest BCUT2D eigenvalue weighted by atomic mass is 16.5. The van der Waals surface area contributed by atoms with Gasteiger partial charge in [-0.15, -0.1) is 0 Å². The summed E-state index contributed by atoms with van der Waals surface area (Å²) in [6, 6.07) is 0.470. The molecule has 1 aromatic rings. The van der Waals surface area contributed by atoms with Gasteiger partial charge in [0.1, 0.15) is 0 Å². The van der Waals surface area contributed by atoms with E-state index in [1.807, 2.05) is 13.2 Å². The predicted molar refractivity (Wildman–Crippen MR) is 97.1 cm³/mol. The Balaban J connectivity index is 1.49. The minimum Gasteiger partial charge on any atom is -0.367 e. The maximum atomic E-state index is 12.5. The van der Waals surface area contributed by atoms with Gasteiger partial charge in [-0.2, -0.15) is 5.10 Å². The van der Waals surface area contributed by atoms with Crippen LogP contribution in [0.1, 0.15) is 56.6 Å². The first-order chi connectivity index (χ1) is 12.2. The van der Waals surface area contributed by atoms with E-state index in [2.05, 4.69) is 15.3 Å². The van der Waals surface area contributed by atoms with Crippen molar-refractivity contribution in [1.82, 2.24) is 20.0 Å². The zero-order valence-electron chi connectivity index (χ0n) is 15.6. The third kappa shape index (κ3) is 4.82. The van der Waals surface area contributed by atoms with Gasteiger partial charge in [-0.1, -0.05) is 19.3 Å². The van der Waals surface area contributed by atoms with E-state index in [0.29, 0.717) is 12.6 Å². The van der Waals surface area contributed by atoms with E-state index in [9.17, 15) is 4.79 Å². The van der Waals surface area contributed by atoms with E-state index in [4.69, 9.17) is 4.74 Å². The number of likely N-dealkylation sites (tertiary alicyclic amines) is 1. The van der Waals surface area contributed by atoms with Crippen molar-refractivity contribution < 1.29 is 9.53 Å². The van der Waals surface area contributed by atoms with Crippen LogP contribution in [-0.2, 0) is 16.6 Å². The molecular weight excluding hydrogens is 316 g/mol. The second kappa shape index (κ2) is 8.81. The molecule has 2 unspecified atom stereocenters. The van der Waals surface area contributed by atoms with Crippen molar-refractivity contribution in [3.63, 3.8) is 0 Å². The molecule has 6 heteroatoms. The van der Waals surface area contributed by atoms with Crippen molar-refractivity contribution in [2.24, 2.45) is 13.0 Å². The summed E-state index contributed by atoms with van der Waals surface area (Å²) < 4.78 is 7.09. The van der Waals surface area contributed by atoms with Crippen molar-refractivity contribution in [3.05, 3.63) is 18.0 Å². The predicted octanol–water partition coefficient (Wildman–Crippen LogP) is 2.27. The molecule has 1 aromatic heterocycles. The topological polar surface area (TPSA) is 59.4 Å². The van der Waals surface area contributed by atoms with Crippen LogP contribution in [0.3, 0.4) is 0 Å². The number of methoxy groups -OCH3 is 1. The van der Waals surface area contributed by atoms with Gasteiger partial charge in [-0.25, -0.2) is 0 Å². The lowest BCUT2D eigenvalue weighted by Gasteiger charge is -2.31. The van der Waals surface area contributed by atoms with Crippen molar-refractivity contribution >= 4 is 5.91 Å². The van der Waals surface area contributed by atoms with Crippen LogP contribution in [-0.4, -0.2) is 53.4 Å². The summed E-state index contributed by atoms with van der Waals surface area (Å²) in [4.78, 5) is 15.1. The molecule has 0 aromatic carbocycles. The lowest BCUT2D eigenvalue weighted by atomic mass is 9.89. The van der Waals surface area contributed by atoms with Crippen LogP contribution in [0.2, 0.25) is 0 Å². The first-order valence-electron chi connectivity index (χ1n) is 9.70. The molecule has 1 saturated heterocycles. The van der Waals surface area contributed by atoms with Gasteiger partial charge in [-0.3, -0.25) is 14.4 Å². The Hall–Kier alpha value is -1.40. The molecule has 0 bridgehead atoms. The lowest BCUT2D eigenvalue weighted by molar-refractivity contribution is -0.131. The molecule has 140 valence electrons. The molecule has 2 fully saturated rings. The van der Waals surface area contributed by atoms with Crippen LogP contribution < -0.4 is 5.32 Å². The fraction of sp³-hybridized carbons (Fsp3) is 0.789. The number of aromatic nitrogens is 2. The normalized spacial score (nSPS) is 23.7. The van der Waals surface area contributed by atoms with E-state index >= 15 is 0 Å². The molecule has 0 radical (unpaired) electrons. The highest BCUT2D eigenvalue weighted by Gasteiger charge is 2.29. The van der Waals surface area contributed by atoms with Gasteiger partial charge in [0.2, 0.25) is 0 Å². The number of rotatable bonds is 7. The number of ether oxygens (including phenoxy) is 1. The average molecular weight is 348 g/mol. The SMILES string of the molecule is COC(C(=O)NCC1CCCN1CC1CCCCC1)c1cnn(C)c1. The second-order valence-electron chi connectivity index (χ2n) is 7.60. The Kier molecular flexibility index (Phi) is 6.48. The summed E-state index contributed by atoms with van der Waals surface area (Å²) in [7, 11) is 3.41. The molecule has 1 saturated carbocycles. The highest BCUT2D eigenvalue weighted by Crippen LogP contribution is 2.27. The molecule has 6 nitrogen and oxygen atoms in total. The lowest BCUT2D eigenvalue weighted by Crippen LogP contribution is -2.43. The smallest absolute Gasteiger partial charge is 0.253 e. The van der Waals surface area contributed by atoms with Crippen molar-refractivity contribution in [2.75, 3.05) is 26.7 Å². The summed E-state index contributed by atoms with van der Waals surface area (Å²) >= 11 is 0. The second-order valence-corrected chi connectivity index (χ2v) is 7.60. The maximum absolute atomic E-state index is 12.5. The van der Waals surface area contributed by atoms with Crippen LogP contribution in [0.25, 0.3) is 0 Å². The Bertz CT molecular complexity index is 553. The number of carbonyl (C=O) groups is 1. The van der Waals surface area contributed by atoms with Gasteiger partial charge in [0, 0.05) is 45.0 Å². The standard InChI is InChI=1S/C19H32N4O2/c1-22-14-16(11-21-22)18(25-2)19(24)20-12-17-9-6-10-23(17)13-15-7-4-3-5-8-15/h11,14-15,17-18H,3-10,12-13H2,1-2H3,(H,20,24). The van der Waals surface area contributed by atoms with E-state index in [-0.39, 0.29) is 5.91 Å². The monoisotopic (exact) mass is 348 g/mol. The Labute approximate surface area is 150 Å². The third-order valence-corrected chi connectivity index (χ3v) is 5.73. The molecule has 2 atom stereocenters. The number of amides is 1. The minimum absolute atomic E-state index is 0.0694. The summed E-state index contributed by atoms with van der Waals surface area (Å²) in [5.74, 6) is 0.784. The number of hydrogen-bond donors (Lipinski definition) is 1. The summed E-state index contributed by atoms with van der Waals surface area (Å²) in [6.45, 7) is 3.09. The van der Waals surface area contributed by atoms with Crippen molar-refractivity contribution in [1.29, 1.82) is 0 Å². The van der Waals surface area contributed by atoms with Gasteiger partial charge in [0.05, 0.1) is 6.20 Å². The molecule has 2 heterocycles.